The highest BCUT2D eigenvalue weighted by Crippen LogP contribution is 2.27. The third-order valence-corrected chi connectivity index (χ3v) is 6.38. The van der Waals surface area contributed by atoms with Crippen molar-refractivity contribution in [3.8, 4) is 0 Å². The first-order chi connectivity index (χ1) is 15.9. The van der Waals surface area contributed by atoms with Gasteiger partial charge in [-0.3, -0.25) is 0 Å². The second kappa shape index (κ2) is 10.1. The summed E-state index contributed by atoms with van der Waals surface area (Å²) in [5.74, 6) is 1.58. The Hall–Kier alpha value is -3.35. The number of carbonyl (C=O) groups excluding carboxylic acids is 1. The summed E-state index contributed by atoms with van der Waals surface area (Å²) in [5, 5.41) is 10.8. The first kappa shape index (κ1) is 22.8. The van der Waals surface area contributed by atoms with Gasteiger partial charge in [0.25, 0.3) is 0 Å². The number of amides is 2. The molecular formula is C26H34N6O. The van der Waals surface area contributed by atoms with Crippen LogP contribution in [0.15, 0.2) is 42.5 Å². The van der Waals surface area contributed by atoms with Crippen LogP contribution in [-0.4, -0.2) is 42.2 Å². The largest absolute Gasteiger partial charge is 0.362 e. The van der Waals surface area contributed by atoms with Gasteiger partial charge in [-0.2, -0.15) is 4.98 Å². The van der Waals surface area contributed by atoms with Crippen LogP contribution in [0.1, 0.15) is 43.7 Å². The van der Waals surface area contributed by atoms with Crippen molar-refractivity contribution in [2.75, 3.05) is 29.6 Å². The van der Waals surface area contributed by atoms with Crippen LogP contribution < -0.4 is 20.9 Å². The first-order valence-electron chi connectivity index (χ1n) is 11.8. The molecule has 1 heterocycles. The number of nitrogens with one attached hydrogen (secondary N) is 3. The summed E-state index contributed by atoms with van der Waals surface area (Å²) in [4.78, 5) is 24.1. The highest BCUT2D eigenvalue weighted by atomic mass is 16.2. The number of anilines is 3. The van der Waals surface area contributed by atoms with Crippen LogP contribution in [0, 0.1) is 6.92 Å². The lowest BCUT2D eigenvalue weighted by Gasteiger charge is -2.30. The molecule has 1 aliphatic carbocycles. The molecule has 3 aromatic rings. The predicted molar refractivity (Wildman–Crippen MR) is 136 cm³/mol. The predicted octanol–water partition coefficient (Wildman–Crippen LogP) is 5.11. The van der Waals surface area contributed by atoms with Gasteiger partial charge in [-0.1, -0.05) is 37.3 Å². The smallest absolute Gasteiger partial charge is 0.319 e. The number of urea groups is 1. The van der Waals surface area contributed by atoms with E-state index < -0.39 is 0 Å². The van der Waals surface area contributed by atoms with Gasteiger partial charge in [0, 0.05) is 37.3 Å². The Morgan fingerprint density at radius 3 is 2.45 bits per heavy atom. The lowest BCUT2D eigenvalue weighted by Crippen LogP contribution is -2.42. The molecule has 4 rings (SSSR count). The van der Waals surface area contributed by atoms with Crippen molar-refractivity contribution in [3.63, 3.8) is 0 Å². The van der Waals surface area contributed by atoms with Crippen LogP contribution in [0.3, 0.4) is 0 Å². The third-order valence-electron chi connectivity index (χ3n) is 6.38. The molecule has 0 aliphatic heterocycles. The number of nitrogens with zero attached hydrogens (tertiary/aromatic N) is 3. The molecule has 0 unspecified atom stereocenters. The summed E-state index contributed by atoms with van der Waals surface area (Å²) in [5.41, 5.74) is 4.11. The monoisotopic (exact) mass is 446 g/mol. The molecule has 3 N–H and O–H groups in total. The molecule has 174 valence electrons. The van der Waals surface area contributed by atoms with Crippen LogP contribution in [-0.2, 0) is 6.42 Å². The minimum atomic E-state index is -0.121. The minimum absolute atomic E-state index is 0.121. The molecule has 7 heteroatoms. The number of aryl methyl sites for hydroxylation is 2. The molecule has 0 radical (unpaired) electrons. The van der Waals surface area contributed by atoms with Gasteiger partial charge in [0.2, 0.25) is 5.95 Å². The quantitative estimate of drug-likeness (QED) is 0.490. The number of fused-ring (bicyclic) bond motifs is 1. The van der Waals surface area contributed by atoms with E-state index in [1.54, 1.807) is 0 Å². The number of para-hydroxylation sites is 2. The zero-order chi connectivity index (χ0) is 23.4. The van der Waals surface area contributed by atoms with Gasteiger partial charge in [-0.05, 0) is 62.3 Å². The normalized spacial score (nSPS) is 18.1. The first-order valence-corrected chi connectivity index (χ1v) is 11.8. The Bertz CT molecular complexity index is 1120. The van der Waals surface area contributed by atoms with Crippen molar-refractivity contribution in [1.82, 2.24) is 15.3 Å². The summed E-state index contributed by atoms with van der Waals surface area (Å²) >= 11 is 0. The van der Waals surface area contributed by atoms with Gasteiger partial charge >= 0.3 is 6.03 Å². The van der Waals surface area contributed by atoms with E-state index in [-0.39, 0.29) is 12.1 Å². The van der Waals surface area contributed by atoms with Gasteiger partial charge in [0.1, 0.15) is 5.82 Å². The van der Waals surface area contributed by atoms with Crippen LogP contribution in [0.2, 0.25) is 0 Å². The lowest BCUT2D eigenvalue weighted by atomic mass is 9.91. The Balaban J connectivity index is 1.34. The van der Waals surface area contributed by atoms with Crippen LogP contribution in [0.5, 0.6) is 0 Å². The third kappa shape index (κ3) is 5.35. The van der Waals surface area contributed by atoms with Gasteiger partial charge < -0.3 is 20.9 Å². The molecule has 2 amide bonds. The average Bonchev–Trinajstić information content (AvgIpc) is 2.81. The van der Waals surface area contributed by atoms with E-state index in [1.807, 2.05) is 56.3 Å². The number of rotatable bonds is 6. The van der Waals surface area contributed by atoms with Crippen LogP contribution in [0.4, 0.5) is 22.2 Å². The molecule has 2 aromatic carbocycles. The van der Waals surface area contributed by atoms with Gasteiger partial charge in [0.05, 0.1) is 5.52 Å². The van der Waals surface area contributed by atoms with E-state index in [9.17, 15) is 4.79 Å². The number of hydrogen-bond acceptors (Lipinski definition) is 5. The van der Waals surface area contributed by atoms with Crippen molar-refractivity contribution in [2.45, 2.75) is 58.0 Å². The maximum atomic E-state index is 12.6. The van der Waals surface area contributed by atoms with Gasteiger partial charge in [-0.25, -0.2) is 9.78 Å². The van der Waals surface area contributed by atoms with E-state index in [0.29, 0.717) is 12.0 Å². The van der Waals surface area contributed by atoms with Crippen LogP contribution >= 0.6 is 0 Å². The molecule has 0 saturated heterocycles. The minimum Gasteiger partial charge on any atom is -0.362 e. The molecule has 0 bridgehead atoms. The van der Waals surface area contributed by atoms with E-state index in [4.69, 9.17) is 9.97 Å². The fraction of sp³-hybridized carbons (Fsp3) is 0.423. The Morgan fingerprint density at radius 2 is 1.73 bits per heavy atom. The lowest BCUT2D eigenvalue weighted by molar-refractivity contribution is 0.243. The average molecular weight is 447 g/mol. The topological polar surface area (TPSA) is 82.2 Å². The summed E-state index contributed by atoms with van der Waals surface area (Å²) in [7, 11) is 4.00. The van der Waals surface area contributed by atoms with Crippen molar-refractivity contribution < 1.29 is 4.79 Å². The van der Waals surface area contributed by atoms with Crippen molar-refractivity contribution in [3.05, 3.63) is 53.6 Å². The highest BCUT2D eigenvalue weighted by Gasteiger charge is 2.24. The molecular weight excluding hydrogens is 412 g/mol. The van der Waals surface area contributed by atoms with Crippen molar-refractivity contribution in [2.24, 2.45) is 0 Å². The summed E-state index contributed by atoms with van der Waals surface area (Å²) in [6, 6.07) is 14.6. The second-order valence-electron chi connectivity index (χ2n) is 9.04. The fourth-order valence-electron chi connectivity index (χ4n) is 4.57. The highest BCUT2D eigenvalue weighted by molar-refractivity contribution is 5.91. The van der Waals surface area contributed by atoms with Crippen molar-refractivity contribution >= 4 is 34.4 Å². The Labute approximate surface area is 196 Å². The Morgan fingerprint density at radius 1 is 1.00 bits per heavy atom. The number of aromatic nitrogens is 2. The fourth-order valence-corrected chi connectivity index (χ4v) is 4.57. The summed E-state index contributed by atoms with van der Waals surface area (Å²) in [6.45, 7) is 4.13. The molecule has 1 aromatic heterocycles. The van der Waals surface area contributed by atoms with Crippen LogP contribution in [0.25, 0.3) is 10.9 Å². The van der Waals surface area contributed by atoms with E-state index in [1.165, 1.54) is 0 Å². The number of hydrogen-bond donors (Lipinski definition) is 3. The number of benzene rings is 2. The summed E-state index contributed by atoms with van der Waals surface area (Å²) < 4.78 is 0. The molecule has 7 nitrogen and oxygen atoms in total. The summed E-state index contributed by atoms with van der Waals surface area (Å²) in [6.07, 6.45) is 4.66. The van der Waals surface area contributed by atoms with Crippen molar-refractivity contribution in [1.29, 1.82) is 0 Å². The van der Waals surface area contributed by atoms with Gasteiger partial charge in [0.15, 0.2) is 0 Å². The standard InChI is InChI=1S/C26H34N6O/c1-5-18-10-8-9-17(2)23(18)30-26(33)28-20-15-13-19(14-16-20)27-25-29-22-12-7-6-11-21(22)24(31-25)32(3)4/h6-12,19-20H,5,13-16H2,1-4H3,(H,27,29,31)(H2,28,30,33)/t19-,20+. The zero-order valence-corrected chi connectivity index (χ0v) is 20.0. The molecule has 1 saturated carbocycles. The number of carbonyl (C=O) groups is 1. The maximum absolute atomic E-state index is 12.6. The van der Waals surface area contributed by atoms with E-state index in [0.717, 1.165) is 65.6 Å². The molecule has 1 fully saturated rings. The molecule has 33 heavy (non-hydrogen) atoms. The zero-order valence-electron chi connectivity index (χ0n) is 20.0. The van der Waals surface area contributed by atoms with Gasteiger partial charge in [-0.15, -0.1) is 0 Å². The molecule has 1 aliphatic rings. The maximum Gasteiger partial charge on any atom is 0.319 e. The molecule has 0 spiro atoms. The van der Waals surface area contributed by atoms with E-state index >= 15 is 0 Å². The molecule has 0 atom stereocenters. The van der Waals surface area contributed by atoms with E-state index in [2.05, 4.69) is 35.0 Å². The SMILES string of the molecule is CCc1cccc(C)c1NC(=O)N[C@H]1CC[C@@H](Nc2nc(N(C)C)c3ccccc3n2)CC1. The second-order valence-corrected chi connectivity index (χ2v) is 9.04. The Kier molecular flexibility index (Phi) is 6.96.